The summed E-state index contributed by atoms with van der Waals surface area (Å²) in [5.41, 5.74) is 1.16. The van der Waals surface area contributed by atoms with Gasteiger partial charge in [-0.2, -0.15) is 0 Å². The largest absolute Gasteiger partial charge is 0.407 e. The third kappa shape index (κ3) is 3.29. The molecule has 1 aliphatic carbocycles. The van der Waals surface area contributed by atoms with Crippen LogP contribution in [0.5, 0.6) is 0 Å². The maximum atomic E-state index is 5.62. The molecule has 3 rings (SSSR count). The molecule has 6 heteroatoms. The zero-order chi connectivity index (χ0) is 13.1. The van der Waals surface area contributed by atoms with Gasteiger partial charge in [0.2, 0.25) is 5.89 Å². The number of hydrogen-bond acceptors (Lipinski definition) is 6. The lowest BCUT2D eigenvalue weighted by Gasteiger charge is -2.13. The van der Waals surface area contributed by atoms with E-state index in [-0.39, 0.29) is 0 Å². The Kier molecular flexibility index (Phi) is 3.41. The summed E-state index contributed by atoms with van der Waals surface area (Å²) in [6.07, 6.45) is 6.07. The molecule has 100 valence electrons. The van der Waals surface area contributed by atoms with Crippen molar-refractivity contribution in [3.63, 3.8) is 0 Å². The number of rotatable bonds is 6. The minimum Gasteiger partial charge on any atom is -0.407 e. The van der Waals surface area contributed by atoms with E-state index in [4.69, 9.17) is 4.42 Å². The van der Waals surface area contributed by atoms with Crippen LogP contribution >= 0.6 is 0 Å². The van der Waals surface area contributed by atoms with Crippen molar-refractivity contribution in [1.82, 2.24) is 20.5 Å². The first kappa shape index (κ1) is 12.1. The normalized spacial score (nSPS) is 14.6. The van der Waals surface area contributed by atoms with Gasteiger partial charge in [-0.15, -0.1) is 5.10 Å². The Labute approximate surface area is 111 Å². The molecule has 2 aromatic heterocycles. The van der Waals surface area contributed by atoms with Crippen molar-refractivity contribution >= 4 is 6.01 Å². The van der Waals surface area contributed by atoms with Crippen LogP contribution < -0.4 is 10.2 Å². The monoisotopic (exact) mass is 259 g/mol. The summed E-state index contributed by atoms with van der Waals surface area (Å²) in [6.45, 7) is 1.38. The van der Waals surface area contributed by atoms with E-state index in [0.29, 0.717) is 24.5 Å². The van der Waals surface area contributed by atoms with Crippen LogP contribution in [0.2, 0.25) is 0 Å². The fourth-order valence-electron chi connectivity index (χ4n) is 1.82. The predicted octanol–water partition coefficient (Wildman–Crippen LogP) is 1.35. The number of aromatic nitrogens is 3. The van der Waals surface area contributed by atoms with Crippen LogP contribution in [-0.4, -0.2) is 28.3 Å². The fraction of sp³-hybridized carbons (Fsp3) is 0.462. The maximum Gasteiger partial charge on any atom is 0.318 e. The molecule has 1 aliphatic rings. The van der Waals surface area contributed by atoms with E-state index in [9.17, 15) is 0 Å². The minimum atomic E-state index is 0.546. The molecule has 0 saturated heterocycles. The highest BCUT2D eigenvalue weighted by Crippen LogP contribution is 2.19. The molecular formula is C13H17N5O. The van der Waals surface area contributed by atoms with Gasteiger partial charge in [0, 0.05) is 32.0 Å². The number of nitrogens with zero attached hydrogens (tertiary/aromatic N) is 4. The molecule has 1 fully saturated rings. The van der Waals surface area contributed by atoms with Crippen LogP contribution in [0.25, 0.3) is 0 Å². The van der Waals surface area contributed by atoms with Crippen molar-refractivity contribution in [3.05, 3.63) is 36.0 Å². The van der Waals surface area contributed by atoms with E-state index in [1.807, 2.05) is 24.1 Å². The predicted molar refractivity (Wildman–Crippen MR) is 70.5 cm³/mol. The molecule has 0 unspecified atom stereocenters. The average molecular weight is 259 g/mol. The van der Waals surface area contributed by atoms with E-state index in [1.54, 1.807) is 12.4 Å². The summed E-state index contributed by atoms with van der Waals surface area (Å²) in [6, 6.07) is 5.14. The number of nitrogens with one attached hydrogen (secondary N) is 1. The van der Waals surface area contributed by atoms with Gasteiger partial charge >= 0.3 is 6.01 Å². The smallest absolute Gasteiger partial charge is 0.318 e. The van der Waals surface area contributed by atoms with Crippen molar-refractivity contribution in [2.75, 3.05) is 11.9 Å². The molecule has 0 spiro atoms. The Balaban J connectivity index is 1.58. The first-order chi connectivity index (χ1) is 9.31. The summed E-state index contributed by atoms with van der Waals surface area (Å²) >= 11 is 0. The Morgan fingerprint density at radius 2 is 2.11 bits per heavy atom. The van der Waals surface area contributed by atoms with Crippen molar-refractivity contribution in [2.24, 2.45) is 0 Å². The van der Waals surface area contributed by atoms with E-state index in [1.165, 1.54) is 12.8 Å². The first-order valence-electron chi connectivity index (χ1n) is 6.47. The van der Waals surface area contributed by atoms with Crippen molar-refractivity contribution in [1.29, 1.82) is 0 Å². The molecule has 2 aromatic rings. The number of pyridine rings is 1. The summed E-state index contributed by atoms with van der Waals surface area (Å²) in [4.78, 5) is 5.93. The van der Waals surface area contributed by atoms with Gasteiger partial charge in [-0.1, -0.05) is 5.10 Å². The molecule has 0 bridgehead atoms. The molecule has 0 atom stereocenters. The second-order valence-electron chi connectivity index (χ2n) is 4.85. The van der Waals surface area contributed by atoms with Gasteiger partial charge in [0.05, 0.1) is 6.54 Å². The summed E-state index contributed by atoms with van der Waals surface area (Å²) < 4.78 is 5.62. The number of anilines is 1. The van der Waals surface area contributed by atoms with Crippen LogP contribution in [0.3, 0.4) is 0 Å². The second kappa shape index (κ2) is 5.36. The molecular weight excluding hydrogens is 242 g/mol. The molecule has 1 N–H and O–H groups in total. The standard InChI is InChI=1S/C13H17N5O/c1-18(9-10-4-6-14-7-5-10)13-17-16-12(19-13)8-15-11-2-3-11/h4-7,11,15H,2-3,8-9H2,1H3. The van der Waals surface area contributed by atoms with Crippen LogP contribution in [0.1, 0.15) is 24.3 Å². The van der Waals surface area contributed by atoms with E-state index in [0.717, 1.165) is 12.1 Å². The van der Waals surface area contributed by atoms with Crippen molar-refractivity contribution in [2.45, 2.75) is 32.0 Å². The molecule has 1 saturated carbocycles. The Morgan fingerprint density at radius 1 is 1.32 bits per heavy atom. The van der Waals surface area contributed by atoms with Crippen molar-refractivity contribution in [3.8, 4) is 0 Å². The molecule has 6 nitrogen and oxygen atoms in total. The quantitative estimate of drug-likeness (QED) is 0.844. The van der Waals surface area contributed by atoms with Crippen LogP contribution in [0.15, 0.2) is 28.9 Å². The lowest BCUT2D eigenvalue weighted by atomic mass is 10.2. The highest BCUT2D eigenvalue weighted by Gasteiger charge is 2.21. The van der Waals surface area contributed by atoms with Crippen LogP contribution in [0, 0.1) is 0 Å². The van der Waals surface area contributed by atoms with Gasteiger partial charge in [0.1, 0.15) is 0 Å². The Bertz CT molecular complexity index is 523. The van der Waals surface area contributed by atoms with Gasteiger partial charge in [0.15, 0.2) is 0 Å². The highest BCUT2D eigenvalue weighted by atomic mass is 16.4. The molecule has 0 aromatic carbocycles. The third-order valence-electron chi connectivity index (χ3n) is 3.07. The number of hydrogen-bond donors (Lipinski definition) is 1. The van der Waals surface area contributed by atoms with Crippen LogP contribution in [0.4, 0.5) is 6.01 Å². The summed E-state index contributed by atoms with van der Waals surface area (Å²) in [7, 11) is 1.94. The lowest BCUT2D eigenvalue weighted by Crippen LogP contribution is -2.17. The van der Waals surface area contributed by atoms with Crippen LogP contribution in [-0.2, 0) is 13.1 Å². The molecule has 0 aliphatic heterocycles. The third-order valence-corrected chi connectivity index (χ3v) is 3.07. The molecule has 2 heterocycles. The van der Waals surface area contributed by atoms with Gasteiger partial charge in [-0.3, -0.25) is 4.98 Å². The topological polar surface area (TPSA) is 67.1 Å². The zero-order valence-electron chi connectivity index (χ0n) is 10.9. The first-order valence-corrected chi connectivity index (χ1v) is 6.47. The molecule has 0 amide bonds. The van der Waals surface area contributed by atoms with E-state index in [2.05, 4.69) is 20.5 Å². The SMILES string of the molecule is CN(Cc1ccncc1)c1nnc(CNC2CC2)o1. The molecule has 0 radical (unpaired) electrons. The lowest BCUT2D eigenvalue weighted by molar-refractivity contribution is 0.464. The van der Waals surface area contributed by atoms with Crippen molar-refractivity contribution < 1.29 is 4.42 Å². The summed E-state index contributed by atoms with van der Waals surface area (Å²) in [5, 5.41) is 11.5. The Hall–Kier alpha value is -1.95. The minimum absolute atomic E-state index is 0.546. The molecule has 19 heavy (non-hydrogen) atoms. The average Bonchev–Trinajstić information content (AvgIpc) is 3.14. The second-order valence-corrected chi connectivity index (χ2v) is 4.85. The van der Waals surface area contributed by atoms with Gasteiger partial charge in [-0.05, 0) is 30.5 Å². The summed E-state index contributed by atoms with van der Waals surface area (Å²) in [5.74, 6) is 0.642. The maximum absolute atomic E-state index is 5.62. The van der Waals surface area contributed by atoms with Gasteiger partial charge in [-0.25, -0.2) is 0 Å². The highest BCUT2D eigenvalue weighted by molar-refractivity contribution is 5.25. The van der Waals surface area contributed by atoms with E-state index >= 15 is 0 Å². The van der Waals surface area contributed by atoms with Gasteiger partial charge in [0.25, 0.3) is 0 Å². The van der Waals surface area contributed by atoms with E-state index < -0.39 is 0 Å². The zero-order valence-corrected chi connectivity index (χ0v) is 10.9. The van der Waals surface area contributed by atoms with Gasteiger partial charge < -0.3 is 14.6 Å². The Morgan fingerprint density at radius 3 is 2.84 bits per heavy atom. The fourth-order valence-corrected chi connectivity index (χ4v) is 1.82.